The van der Waals surface area contributed by atoms with Crippen molar-refractivity contribution >= 4 is 63.5 Å². The van der Waals surface area contributed by atoms with E-state index >= 15 is 0 Å². The smallest absolute Gasteiger partial charge is 0.353 e. The van der Waals surface area contributed by atoms with Gasteiger partial charge in [0.05, 0.1) is 0 Å². The number of carbonyl (C=O) groups excluding carboxylic acids is 2. The first-order valence-electron chi connectivity index (χ1n) is 7.47. The lowest BCUT2D eigenvalue weighted by Crippen LogP contribution is -2.71. The van der Waals surface area contributed by atoms with Gasteiger partial charge in [0.1, 0.15) is 29.9 Å². The van der Waals surface area contributed by atoms with Gasteiger partial charge in [0.15, 0.2) is 10.8 Å². The van der Waals surface area contributed by atoms with Gasteiger partial charge in [-0.1, -0.05) is 5.16 Å². The first kappa shape index (κ1) is 19.5. The van der Waals surface area contributed by atoms with Gasteiger partial charge in [-0.05, 0) is 6.26 Å². The molecule has 0 radical (unpaired) electrons. The Balaban J connectivity index is 1.79. The Labute approximate surface area is 166 Å². The number of aliphatic carboxylic acids is 1. The molecule has 0 saturated carbocycles. The van der Waals surface area contributed by atoms with Gasteiger partial charge in [-0.2, -0.15) is 0 Å². The monoisotopic (exact) mass is 429 g/mol. The molecule has 1 saturated heterocycles. The van der Waals surface area contributed by atoms with Crippen molar-refractivity contribution in [2.24, 2.45) is 5.16 Å². The van der Waals surface area contributed by atoms with E-state index in [0.29, 0.717) is 10.7 Å². The summed E-state index contributed by atoms with van der Waals surface area (Å²) >= 11 is 3.82. The zero-order valence-corrected chi connectivity index (χ0v) is 16.6. The molecule has 3 heterocycles. The molecule has 4 N–H and O–H groups in total. The molecule has 0 bridgehead atoms. The minimum absolute atomic E-state index is 0.0280. The molecule has 2 aliphatic heterocycles. The Kier molecular flexibility index (Phi) is 5.62. The van der Waals surface area contributed by atoms with Gasteiger partial charge in [-0.3, -0.25) is 14.5 Å². The van der Waals surface area contributed by atoms with E-state index in [4.69, 9.17) is 10.6 Å². The maximum atomic E-state index is 12.6. The topological polar surface area (TPSA) is 147 Å². The van der Waals surface area contributed by atoms with Gasteiger partial charge in [0.2, 0.25) is 0 Å². The highest BCUT2D eigenvalue weighted by atomic mass is 32.2. The summed E-state index contributed by atoms with van der Waals surface area (Å²) in [5.41, 5.74) is 5.67. The van der Waals surface area contributed by atoms with Crippen molar-refractivity contribution in [2.75, 3.05) is 24.9 Å². The quantitative estimate of drug-likeness (QED) is 0.326. The minimum Gasteiger partial charge on any atom is -0.477 e. The van der Waals surface area contributed by atoms with Crippen LogP contribution in [0.2, 0.25) is 0 Å². The summed E-state index contributed by atoms with van der Waals surface area (Å²) in [5, 5.41) is 17.0. The number of carboxylic acids is 1. The second-order valence-electron chi connectivity index (χ2n) is 5.34. The fourth-order valence-corrected chi connectivity index (χ4v) is 5.45. The lowest BCUT2D eigenvalue weighted by atomic mass is 10.0. The molecule has 0 aromatic carbocycles. The Hall–Kier alpha value is -2.25. The largest absolute Gasteiger partial charge is 0.477 e. The molecule has 2 amide bonds. The van der Waals surface area contributed by atoms with Gasteiger partial charge in [0.25, 0.3) is 11.8 Å². The number of hydrogen-bond acceptors (Lipinski definition) is 10. The van der Waals surface area contributed by atoms with Crippen LogP contribution in [0.5, 0.6) is 0 Å². The Morgan fingerprint density at radius 1 is 1.56 bits per heavy atom. The number of β-lactam (4-membered cyclic amide) rings is 1. The van der Waals surface area contributed by atoms with Crippen LogP contribution < -0.4 is 11.1 Å². The number of aromatic nitrogens is 1. The van der Waals surface area contributed by atoms with Crippen molar-refractivity contribution in [2.45, 2.75) is 11.4 Å². The summed E-state index contributed by atoms with van der Waals surface area (Å²) in [6.45, 7) is 0. The Morgan fingerprint density at radius 2 is 2.30 bits per heavy atom. The number of anilines is 1. The summed E-state index contributed by atoms with van der Waals surface area (Å²) in [6, 6.07) is -0.863. The molecule has 0 spiro atoms. The molecule has 3 rings (SSSR count). The standard InChI is InChI=1S/C14H15N5O5S3/c1-24-18-7(5-3-27-14(15)16-5)10(20)17-8-11(21)19-9(13(22)23)6(25-2)4-26-12(8)19/h3,8,12H,4H2,1-2H3,(H2,15,16)(H,17,20)(H,22,23)/t8?,12-/m0/s1. The second kappa shape index (κ2) is 7.78. The Bertz CT molecular complexity index is 867. The van der Waals surface area contributed by atoms with Crippen LogP contribution >= 0.6 is 34.9 Å². The number of hydrogen-bond donors (Lipinski definition) is 3. The molecule has 13 heteroatoms. The van der Waals surface area contributed by atoms with Crippen molar-refractivity contribution in [1.29, 1.82) is 0 Å². The third-order valence-electron chi connectivity index (χ3n) is 3.83. The third-order valence-corrected chi connectivity index (χ3v) is 6.80. The Morgan fingerprint density at radius 3 is 2.85 bits per heavy atom. The predicted molar refractivity (Wildman–Crippen MR) is 103 cm³/mol. The fraction of sp³-hybridized carbons (Fsp3) is 0.357. The molecule has 1 fully saturated rings. The summed E-state index contributed by atoms with van der Waals surface area (Å²) in [6.07, 6.45) is 1.76. The maximum Gasteiger partial charge on any atom is 0.353 e. The van der Waals surface area contributed by atoms with E-state index < -0.39 is 29.2 Å². The lowest BCUT2D eigenvalue weighted by molar-refractivity contribution is -0.150. The number of oxime groups is 1. The molecular formula is C14H15N5O5S3. The highest BCUT2D eigenvalue weighted by Gasteiger charge is 2.54. The number of nitrogen functional groups attached to an aromatic ring is 1. The molecule has 2 atom stereocenters. The number of carbonyl (C=O) groups is 3. The van der Waals surface area contributed by atoms with E-state index in [2.05, 4.69) is 15.5 Å². The average molecular weight is 430 g/mol. The SMILES string of the molecule is CON=C(C(=O)NC1C(=O)N2C(C(=O)O)=C(SC)CS[C@@H]12)c1csc(N)n1. The summed E-state index contributed by atoms with van der Waals surface area (Å²) in [7, 11) is 1.28. The van der Waals surface area contributed by atoms with Crippen LogP contribution in [0.15, 0.2) is 21.1 Å². The molecule has 10 nitrogen and oxygen atoms in total. The van der Waals surface area contributed by atoms with Crippen LogP contribution in [-0.2, 0) is 19.2 Å². The summed E-state index contributed by atoms with van der Waals surface area (Å²) < 4.78 is 0. The molecule has 0 aliphatic carbocycles. The lowest BCUT2D eigenvalue weighted by Gasteiger charge is -2.49. The van der Waals surface area contributed by atoms with E-state index in [1.165, 1.54) is 35.5 Å². The maximum absolute atomic E-state index is 12.6. The average Bonchev–Trinajstić information content (AvgIpc) is 3.08. The van der Waals surface area contributed by atoms with Crippen molar-refractivity contribution in [3.63, 3.8) is 0 Å². The molecule has 1 unspecified atom stereocenters. The van der Waals surface area contributed by atoms with Crippen molar-refractivity contribution in [3.05, 3.63) is 21.7 Å². The van der Waals surface area contributed by atoms with Gasteiger partial charge < -0.3 is 21.0 Å². The van der Waals surface area contributed by atoms with E-state index in [0.717, 1.165) is 11.3 Å². The van der Waals surface area contributed by atoms with Crippen molar-refractivity contribution in [3.8, 4) is 0 Å². The fourth-order valence-electron chi connectivity index (χ4n) is 2.65. The number of fused-ring (bicyclic) bond motifs is 1. The van der Waals surface area contributed by atoms with Gasteiger partial charge in [0, 0.05) is 16.0 Å². The van der Waals surface area contributed by atoms with Crippen LogP contribution in [0.1, 0.15) is 5.69 Å². The van der Waals surface area contributed by atoms with Crippen LogP contribution in [0.25, 0.3) is 0 Å². The van der Waals surface area contributed by atoms with Crippen LogP contribution in [0.4, 0.5) is 5.13 Å². The second-order valence-corrected chi connectivity index (χ2v) is 8.23. The number of nitrogens with zero attached hydrogens (tertiary/aromatic N) is 3. The minimum atomic E-state index is -1.16. The number of nitrogens with two attached hydrogens (primary N) is 1. The van der Waals surface area contributed by atoms with E-state index in [1.807, 2.05) is 0 Å². The number of carboxylic acid groups (broad SMARTS) is 1. The van der Waals surface area contributed by atoms with Crippen LogP contribution in [-0.4, -0.2) is 69.0 Å². The summed E-state index contributed by atoms with van der Waals surface area (Å²) in [4.78, 5) is 47.2. The molecule has 144 valence electrons. The highest BCUT2D eigenvalue weighted by Crippen LogP contribution is 2.42. The first-order valence-corrected chi connectivity index (χ1v) is 10.6. The van der Waals surface area contributed by atoms with E-state index in [9.17, 15) is 19.5 Å². The third kappa shape index (κ3) is 3.49. The first-order chi connectivity index (χ1) is 12.9. The number of rotatable bonds is 6. The molecule has 2 aliphatic rings. The normalized spacial score (nSPS) is 22.2. The van der Waals surface area contributed by atoms with Gasteiger partial charge in [-0.15, -0.1) is 34.9 Å². The highest BCUT2D eigenvalue weighted by molar-refractivity contribution is 8.05. The number of thiazole rings is 1. The summed E-state index contributed by atoms with van der Waals surface area (Å²) in [5.74, 6) is -1.86. The van der Waals surface area contributed by atoms with Crippen LogP contribution in [0, 0.1) is 0 Å². The van der Waals surface area contributed by atoms with Gasteiger partial charge in [-0.25, -0.2) is 9.78 Å². The molecule has 1 aromatic rings. The van der Waals surface area contributed by atoms with E-state index in [1.54, 1.807) is 11.6 Å². The van der Waals surface area contributed by atoms with Gasteiger partial charge >= 0.3 is 5.97 Å². The number of nitrogens with one attached hydrogen (secondary N) is 1. The molecular weight excluding hydrogens is 414 g/mol. The number of thioether (sulfide) groups is 2. The van der Waals surface area contributed by atoms with Crippen molar-refractivity contribution < 1.29 is 24.3 Å². The van der Waals surface area contributed by atoms with Crippen LogP contribution in [0.3, 0.4) is 0 Å². The predicted octanol–water partition coefficient (Wildman–Crippen LogP) is 0.135. The molecule has 27 heavy (non-hydrogen) atoms. The molecule has 1 aromatic heterocycles. The zero-order chi connectivity index (χ0) is 19.7. The zero-order valence-electron chi connectivity index (χ0n) is 14.2. The van der Waals surface area contributed by atoms with E-state index in [-0.39, 0.29) is 22.2 Å². The van der Waals surface area contributed by atoms with Crippen molar-refractivity contribution in [1.82, 2.24) is 15.2 Å². The number of amides is 2.